The zero-order chi connectivity index (χ0) is 21.6. The summed E-state index contributed by atoms with van der Waals surface area (Å²) < 4.78 is 0. The number of carbonyl (C=O) groups excluding carboxylic acids is 4. The minimum absolute atomic E-state index is 0.0296. The van der Waals surface area contributed by atoms with Gasteiger partial charge in [-0.15, -0.1) is 11.3 Å². The van der Waals surface area contributed by atoms with Crippen LogP contribution in [0.2, 0.25) is 0 Å². The number of piperazine rings is 1. The van der Waals surface area contributed by atoms with E-state index >= 15 is 0 Å². The number of carbonyl (C=O) groups is 4. The highest BCUT2D eigenvalue weighted by Crippen LogP contribution is 2.41. The van der Waals surface area contributed by atoms with Crippen LogP contribution in [0.25, 0.3) is 0 Å². The number of aryl methyl sites for hydroxylation is 1. The Balaban J connectivity index is 1.23. The molecule has 8 nitrogen and oxygen atoms in total. The number of hydrogen-bond acceptors (Lipinski definition) is 5. The van der Waals surface area contributed by atoms with E-state index in [1.807, 2.05) is 35.7 Å². The molecule has 2 aliphatic heterocycles. The van der Waals surface area contributed by atoms with Gasteiger partial charge in [-0.05, 0) is 35.4 Å². The van der Waals surface area contributed by atoms with Gasteiger partial charge in [0.1, 0.15) is 12.1 Å². The van der Waals surface area contributed by atoms with E-state index in [1.54, 1.807) is 15.9 Å². The lowest BCUT2D eigenvalue weighted by atomic mass is 9.92. The van der Waals surface area contributed by atoms with Gasteiger partial charge < -0.3 is 15.1 Å². The van der Waals surface area contributed by atoms with Gasteiger partial charge >= 0.3 is 6.03 Å². The number of benzene rings is 1. The molecule has 9 heteroatoms. The van der Waals surface area contributed by atoms with Crippen molar-refractivity contribution in [1.82, 2.24) is 20.0 Å². The van der Waals surface area contributed by atoms with Crippen molar-refractivity contribution in [1.29, 1.82) is 0 Å². The van der Waals surface area contributed by atoms with Gasteiger partial charge in [0.05, 0.1) is 4.88 Å². The summed E-state index contributed by atoms with van der Waals surface area (Å²) in [5.41, 5.74) is 0.819. The summed E-state index contributed by atoms with van der Waals surface area (Å²) in [5, 5.41) is 4.71. The van der Waals surface area contributed by atoms with Gasteiger partial charge in [-0.3, -0.25) is 19.3 Å². The van der Waals surface area contributed by atoms with E-state index in [9.17, 15) is 19.2 Å². The van der Waals surface area contributed by atoms with Crippen molar-refractivity contribution in [3.05, 3.63) is 57.8 Å². The average Bonchev–Trinajstić information content (AvgIpc) is 3.50. The number of fused-ring (bicyclic) bond motifs is 2. The van der Waals surface area contributed by atoms with Gasteiger partial charge in [0, 0.05) is 26.2 Å². The largest absolute Gasteiger partial charge is 0.338 e. The first-order chi connectivity index (χ1) is 15.0. The number of rotatable bonds is 3. The molecule has 3 heterocycles. The molecule has 160 valence electrons. The molecule has 1 N–H and O–H groups in total. The molecular formula is C22H22N4O4S. The summed E-state index contributed by atoms with van der Waals surface area (Å²) in [7, 11) is 0. The van der Waals surface area contributed by atoms with E-state index in [0.29, 0.717) is 43.9 Å². The Morgan fingerprint density at radius 3 is 2.48 bits per heavy atom. The molecule has 2 saturated heterocycles. The summed E-state index contributed by atoms with van der Waals surface area (Å²) in [6.07, 6.45) is 1.22. The maximum Gasteiger partial charge on any atom is 0.325 e. The van der Waals surface area contributed by atoms with Crippen LogP contribution in [0, 0.1) is 0 Å². The molecule has 0 bridgehead atoms. The van der Waals surface area contributed by atoms with Crippen LogP contribution in [0.5, 0.6) is 0 Å². The third-order valence-electron chi connectivity index (χ3n) is 6.37. The molecule has 5 amide bonds. The molecule has 1 aromatic heterocycles. The number of imide groups is 1. The summed E-state index contributed by atoms with van der Waals surface area (Å²) in [6.45, 7) is 1.34. The molecule has 2 fully saturated rings. The second-order valence-electron chi connectivity index (χ2n) is 8.03. The second kappa shape index (κ2) is 7.49. The number of nitrogens with one attached hydrogen (secondary N) is 1. The maximum atomic E-state index is 13.2. The van der Waals surface area contributed by atoms with Crippen molar-refractivity contribution in [2.45, 2.75) is 18.4 Å². The maximum absolute atomic E-state index is 13.2. The Hall–Kier alpha value is -3.20. The van der Waals surface area contributed by atoms with Crippen molar-refractivity contribution in [2.24, 2.45) is 0 Å². The highest BCUT2D eigenvalue weighted by Gasteiger charge is 2.55. The summed E-state index contributed by atoms with van der Waals surface area (Å²) in [4.78, 5) is 56.2. The molecular weight excluding hydrogens is 416 g/mol. The van der Waals surface area contributed by atoms with Gasteiger partial charge in [0.25, 0.3) is 11.8 Å². The predicted octanol–water partition coefficient (Wildman–Crippen LogP) is 1.43. The lowest BCUT2D eigenvalue weighted by Crippen LogP contribution is -2.53. The van der Waals surface area contributed by atoms with Gasteiger partial charge in [0.2, 0.25) is 5.91 Å². The summed E-state index contributed by atoms with van der Waals surface area (Å²) in [5.74, 6) is -0.671. The number of nitrogens with zero attached hydrogens (tertiary/aromatic N) is 3. The van der Waals surface area contributed by atoms with Crippen molar-refractivity contribution < 1.29 is 19.2 Å². The first kappa shape index (κ1) is 19.7. The first-order valence-electron chi connectivity index (χ1n) is 10.3. The van der Waals surface area contributed by atoms with Gasteiger partial charge in [-0.25, -0.2) is 4.79 Å². The minimum Gasteiger partial charge on any atom is -0.338 e. The zero-order valence-electron chi connectivity index (χ0n) is 16.9. The van der Waals surface area contributed by atoms with Crippen LogP contribution in [0.4, 0.5) is 4.79 Å². The lowest BCUT2D eigenvalue weighted by Gasteiger charge is -2.35. The number of amides is 5. The molecule has 5 rings (SSSR count). The van der Waals surface area contributed by atoms with E-state index in [1.165, 1.54) is 11.3 Å². The number of thiophene rings is 1. The first-order valence-corrected chi connectivity index (χ1v) is 11.2. The van der Waals surface area contributed by atoms with E-state index in [2.05, 4.69) is 5.32 Å². The van der Waals surface area contributed by atoms with Crippen LogP contribution in [0.1, 0.15) is 27.2 Å². The van der Waals surface area contributed by atoms with Crippen molar-refractivity contribution in [3.8, 4) is 0 Å². The molecule has 2 aromatic rings. The highest BCUT2D eigenvalue weighted by molar-refractivity contribution is 7.12. The van der Waals surface area contributed by atoms with Crippen molar-refractivity contribution >= 4 is 35.1 Å². The average molecular weight is 439 g/mol. The van der Waals surface area contributed by atoms with Gasteiger partial charge in [-0.2, -0.15) is 0 Å². The van der Waals surface area contributed by atoms with Crippen LogP contribution in [0.15, 0.2) is 41.8 Å². The molecule has 1 atom stereocenters. The standard InChI is InChI=1S/C22H22N4O4S/c27-18(24-9-11-25(12-10-24)19(28)17-6-3-13-31-17)14-26-20(29)22(23-21(26)30)8-7-15-4-1-2-5-16(15)22/h1-6,13H,7-12,14H2,(H,23,30)/t22-/m1/s1. The molecule has 1 spiro atoms. The smallest absolute Gasteiger partial charge is 0.325 e. The Morgan fingerprint density at radius 2 is 1.74 bits per heavy atom. The Bertz CT molecular complexity index is 1060. The SMILES string of the molecule is O=C(CN1C(=O)N[C@@]2(CCc3ccccc32)C1=O)N1CCN(C(=O)c2cccs2)CC1. The fourth-order valence-corrected chi connectivity index (χ4v) is 5.37. The second-order valence-corrected chi connectivity index (χ2v) is 8.98. The molecule has 0 saturated carbocycles. The van der Waals surface area contributed by atoms with Gasteiger partial charge in [-0.1, -0.05) is 30.3 Å². The normalized spacial score (nSPS) is 22.8. The van der Waals surface area contributed by atoms with Crippen LogP contribution in [-0.4, -0.2) is 71.2 Å². The monoisotopic (exact) mass is 438 g/mol. The van der Waals surface area contributed by atoms with Crippen molar-refractivity contribution in [2.75, 3.05) is 32.7 Å². The Kier molecular flexibility index (Phi) is 4.77. The summed E-state index contributed by atoms with van der Waals surface area (Å²) in [6, 6.07) is 10.7. The lowest BCUT2D eigenvalue weighted by molar-refractivity contribution is -0.140. The summed E-state index contributed by atoms with van der Waals surface area (Å²) >= 11 is 1.40. The third-order valence-corrected chi connectivity index (χ3v) is 7.22. The highest BCUT2D eigenvalue weighted by atomic mass is 32.1. The fraction of sp³-hybridized carbons (Fsp3) is 0.364. The quantitative estimate of drug-likeness (QED) is 0.734. The van der Waals surface area contributed by atoms with Crippen LogP contribution >= 0.6 is 11.3 Å². The molecule has 1 aliphatic carbocycles. The van der Waals surface area contributed by atoms with E-state index < -0.39 is 11.6 Å². The molecule has 31 heavy (non-hydrogen) atoms. The molecule has 1 aromatic carbocycles. The van der Waals surface area contributed by atoms with E-state index in [4.69, 9.17) is 0 Å². The Labute approximate surface area is 183 Å². The topological polar surface area (TPSA) is 90.0 Å². The molecule has 0 radical (unpaired) electrons. The molecule has 0 unspecified atom stereocenters. The minimum atomic E-state index is -1.06. The van der Waals surface area contributed by atoms with Crippen LogP contribution in [0.3, 0.4) is 0 Å². The van der Waals surface area contributed by atoms with Crippen LogP contribution in [-0.2, 0) is 21.5 Å². The fourth-order valence-electron chi connectivity index (χ4n) is 4.68. The van der Waals surface area contributed by atoms with Crippen LogP contribution < -0.4 is 5.32 Å². The van der Waals surface area contributed by atoms with E-state index in [-0.39, 0.29) is 24.3 Å². The molecule has 3 aliphatic rings. The third kappa shape index (κ3) is 3.20. The zero-order valence-corrected chi connectivity index (χ0v) is 17.7. The van der Waals surface area contributed by atoms with Crippen molar-refractivity contribution in [3.63, 3.8) is 0 Å². The number of hydrogen-bond donors (Lipinski definition) is 1. The predicted molar refractivity (Wildman–Crippen MR) is 113 cm³/mol. The number of urea groups is 1. The van der Waals surface area contributed by atoms with E-state index in [0.717, 1.165) is 16.0 Å². The Morgan fingerprint density at radius 1 is 1.00 bits per heavy atom. The van der Waals surface area contributed by atoms with Gasteiger partial charge in [0.15, 0.2) is 0 Å².